The number of aryl methyl sites for hydroxylation is 1. The predicted octanol–water partition coefficient (Wildman–Crippen LogP) is 2.56. The monoisotopic (exact) mass is 348 g/mol. The van der Waals surface area contributed by atoms with Gasteiger partial charge in [0.05, 0.1) is 20.3 Å². The zero-order valence-corrected chi connectivity index (χ0v) is 15.1. The highest BCUT2D eigenvalue weighted by Gasteiger charge is 2.40. The summed E-state index contributed by atoms with van der Waals surface area (Å²) in [6.07, 6.45) is 3.33. The van der Waals surface area contributed by atoms with Crippen molar-refractivity contribution in [2.75, 3.05) is 33.4 Å². The minimum Gasteiger partial charge on any atom is -0.497 e. The lowest BCUT2D eigenvalue weighted by atomic mass is 10.0. The van der Waals surface area contributed by atoms with Crippen molar-refractivity contribution in [3.8, 4) is 5.75 Å². The van der Waals surface area contributed by atoms with E-state index in [1.807, 2.05) is 17.0 Å². The molecular weight excluding hydrogens is 320 g/mol. The Morgan fingerprint density at radius 2 is 1.88 bits per heavy atom. The van der Waals surface area contributed by atoms with E-state index >= 15 is 0 Å². The summed E-state index contributed by atoms with van der Waals surface area (Å²) in [5.74, 6) is 0.430. The smallest absolute Gasteiger partial charge is 0.317 e. The van der Waals surface area contributed by atoms with Crippen molar-refractivity contribution in [3.63, 3.8) is 0 Å². The molecule has 2 heterocycles. The molecule has 2 aliphatic heterocycles. The Morgan fingerprint density at radius 1 is 1.24 bits per heavy atom. The number of benzene rings is 1. The van der Waals surface area contributed by atoms with Gasteiger partial charge in [-0.1, -0.05) is 12.1 Å². The van der Waals surface area contributed by atoms with Crippen molar-refractivity contribution in [1.29, 1.82) is 0 Å². The number of likely N-dealkylation sites (tertiary alicyclic amines) is 1. The van der Waals surface area contributed by atoms with Crippen LogP contribution in [0, 0.1) is 0 Å². The van der Waals surface area contributed by atoms with Crippen LogP contribution in [0.15, 0.2) is 24.3 Å². The first-order valence-electron chi connectivity index (χ1n) is 9.06. The van der Waals surface area contributed by atoms with E-state index in [1.54, 1.807) is 7.11 Å². The average molecular weight is 348 g/mol. The molecule has 0 aliphatic carbocycles. The third kappa shape index (κ3) is 4.64. The maximum Gasteiger partial charge on any atom is 0.317 e. The standard InChI is InChI=1S/C19H28N2O4/c1-15(3-4-16-5-7-17(23-2)8-6-16)20-18(22)21-11-9-19(10-12-21)24-13-14-25-19/h5-8,15H,3-4,9-14H2,1-2H3,(H,20,22)/t15-/m0/s1. The number of amides is 2. The summed E-state index contributed by atoms with van der Waals surface area (Å²) in [6, 6.07) is 8.21. The van der Waals surface area contributed by atoms with Crippen molar-refractivity contribution >= 4 is 6.03 Å². The Labute approximate surface area is 149 Å². The van der Waals surface area contributed by atoms with Crippen molar-refractivity contribution in [1.82, 2.24) is 10.2 Å². The lowest BCUT2D eigenvalue weighted by Gasteiger charge is -2.37. The molecule has 0 radical (unpaired) electrons. The number of hydrogen-bond donors (Lipinski definition) is 1. The second-order valence-corrected chi connectivity index (χ2v) is 6.83. The van der Waals surface area contributed by atoms with Crippen molar-refractivity contribution < 1.29 is 19.0 Å². The predicted molar refractivity (Wildman–Crippen MR) is 94.8 cm³/mol. The number of nitrogens with one attached hydrogen (secondary N) is 1. The number of piperidine rings is 1. The van der Waals surface area contributed by atoms with E-state index in [0.717, 1.165) is 31.4 Å². The van der Waals surface area contributed by atoms with Crippen LogP contribution in [0.1, 0.15) is 31.7 Å². The van der Waals surface area contributed by atoms with Gasteiger partial charge in [-0.05, 0) is 37.5 Å². The maximum absolute atomic E-state index is 12.4. The second-order valence-electron chi connectivity index (χ2n) is 6.83. The number of nitrogens with zero attached hydrogens (tertiary/aromatic N) is 1. The summed E-state index contributed by atoms with van der Waals surface area (Å²) in [5.41, 5.74) is 1.25. The summed E-state index contributed by atoms with van der Waals surface area (Å²) in [7, 11) is 1.67. The van der Waals surface area contributed by atoms with Crippen LogP contribution < -0.4 is 10.1 Å². The van der Waals surface area contributed by atoms with Gasteiger partial charge < -0.3 is 24.4 Å². The van der Waals surface area contributed by atoms with Gasteiger partial charge in [-0.3, -0.25) is 0 Å². The molecule has 0 unspecified atom stereocenters. The Morgan fingerprint density at radius 3 is 2.48 bits per heavy atom. The molecule has 138 valence electrons. The third-order valence-electron chi connectivity index (χ3n) is 5.02. The molecule has 2 fully saturated rings. The first kappa shape index (κ1) is 18.0. The number of ether oxygens (including phenoxy) is 3. The molecule has 1 atom stereocenters. The SMILES string of the molecule is COc1ccc(CC[C@H](C)NC(=O)N2CCC3(CC2)OCCO3)cc1. The first-order chi connectivity index (χ1) is 12.1. The summed E-state index contributed by atoms with van der Waals surface area (Å²) in [4.78, 5) is 14.3. The highest BCUT2D eigenvalue weighted by atomic mass is 16.7. The fraction of sp³-hybridized carbons (Fsp3) is 0.632. The van der Waals surface area contributed by atoms with Crippen LogP contribution in [0.4, 0.5) is 4.79 Å². The topological polar surface area (TPSA) is 60.0 Å². The third-order valence-corrected chi connectivity index (χ3v) is 5.02. The molecule has 1 aromatic carbocycles. The van der Waals surface area contributed by atoms with E-state index in [4.69, 9.17) is 14.2 Å². The fourth-order valence-corrected chi connectivity index (χ4v) is 3.39. The molecule has 0 bridgehead atoms. The van der Waals surface area contributed by atoms with Crippen LogP contribution in [0.5, 0.6) is 5.75 Å². The molecule has 0 saturated carbocycles. The highest BCUT2D eigenvalue weighted by molar-refractivity contribution is 5.74. The van der Waals surface area contributed by atoms with Gasteiger partial charge in [0.2, 0.25) is 0 Å². The van der Waals surface area contributed by atoms with E-state index in [-0.39, 0.29) is 12.1 Å². The number of hydrogen-bond acceptors (Lipinski definition) is 4. The summed E-state index contributed by atoms with van der Waals surface area (Å²) < 4.78 is 16.6. The van der Waals surface area contributed by atoms with Gasteiger partial charge in [0.1, 0.15) is 5.75 Å². The number of methoxy groups -OCH3 is 1. The number of rotatable bonds is 5. The van der Waals surface area contributed by atoms with Gasteiger partial charge >= 0.3 is 6.03 Å². The van der Waals surface area contributed by atoms with Gasteiger partial charge in [0.15, 0.2) is 5.79 Å². The van der Waals surface area contributed by atoms with E-state index in [2.05, 4.69) is 24.4 Å². The molecule has 2 aliphatic rings. The first-order valence-corrected chi connectivity index (χ1v) is 9.06. The van der Waals surface area contributed by atoms with E-state index in [1.165, 1.54) is 5.56 Å². The summed E-state index contributed by atoms with van der Waals surface area (Å²) >= 11 is 0. The lowest BCUT2D eigenvalue weighted by molar-refractivity contribution is -0.181. The number of carbonyl (C=O) groups is 1. The molecule has 6 heteroatoms. The number of urea groups is 1. The van der Waals surface area contributed by atoms with Crippen LogP contribution in [0.3, 0.4) is 0 Å². The Bertz CT molecular complexity index is 559. The quantitative estimate of drug-likeness (QED) is 0.888. The van der Waals surface area contributed by atoms with Gasteiger partial charge in [0.25, 0.3) is 0 Å². The Balaban J connectivity index is 1.40. The van der Waals surface area contributed by atoms with Gasteiger partial charge in [-0.2, -0.15) is 0 Å². The van der Waals surface area contributed by atoms with Gasteiger partial charge in [-0.25, -0.2) is 4.79 Å². The Kier molecular flexibility index (Phi) is 5.81. The van der Waals surface area contributed by atoms with Crippen LogP contribution in [-0.2, 0) is 15.9 Å². The number of carbonyl (C=O) groups excluding carboxylic acids is 1. The zero-order chi connectivity index (χ0) is 17.7. The molecular formula is C19H28N2O4. The van der Waals surface area contributed by atoms with E-state index in [9.17, 15) is 4.79 Å². The fourth-order valence-electron chi connectivity index (χ4n) is 3.39. The van der Waals surface area contributed by atoms with Crippen molar-refractivity contribution in [3.05, 3.63) is 29.8 Å². The van der Waals surface area contributed by atoms with Crippen LogP contribution in [0.2, 0.25) is 0 Å². The molecule has 2 saturated heterocycles. The maximum atomic E-state index is 12.4. The van der Waals surface area contributed by atoms with E-state index < -0.39 is 5.79 Å². The molecule has 2 amide bonds. The largest absolute Gasteiger partial charge is 0.497 e. The normalized spacial score (nSPS) is 20.5. The van der Waals surface area contributed by atoms with Crippen LogP contribution in [-0.4, -0.2) is 56.2 Å². The Hall–Kier alpha value is -1.79. The van der Waals surface area contributed by atoms with Crippen LogP contribution >= 0.6 is 0 Å². The molecule has 1 spiro atoms. The summed E-state index contributed by atoms with van der Waals surface area (Å²) in [6.45, 7) is 4.73. The van der Waals surface area contributed by atoms with Crippen molar-refractivity contribution in [2.45, 2.75) is 44.4 Å². The molecule has 25 heavy (non-hydrogen) atoms. The minimum absolute atomic E-state index is 0.00933. The van der Waals surface area contributed by atoms with Gasteiger partial charge in [0, 0.05) is 32.0 Å². The molecule has 6 nitrogen and oxygen atoms in total. The summed E-state index contributed by atoms with van der Waals surface area (Å²) in [5, 5.41) is 3.10. The molecule has 0 aromatic heterocycles. The molecule has 1 N–H and O–H groups in total. The average Bonchev–Trinajstić information content (AvgIpc) is 3.09. The van der Waals surface area contributed by atoms with Crippen molar-refractivity contribution in [2.24, 2.45) is 0 Å². The zero-order valence-electron chi connectivity index (χ0n) is 15.1. The van der Waals surface area contributed by atoms with Crippen LogP contribution in [0.25, 0.3) is 0 Å². The van der Waals surface area contributed by atoms with Gasteiger partial charge in [-0.15, -0.1) is 0 Å². The second kappa shape index (κ2) is 8.06. The highest BCUT2D eigenvalue weighted by Crippen LogP contribution is 2.31. The minimum atomic E-state index is -0.434. The lowest BCUT2D eigenvalue weighted by Crippen LogP contribution is -2.51. The van der Waals surface area contributed by atoms with E-state index in [0.29, 0.717) is 26.3 Å². The molecule has 3 rings (SSSR count). The molecule has 1 aromatic rings.